The van der Waals surface area contributed by atoms with Crippen LogP contribution in [0.3, 0.4) is 0 Å². The standard InChI is InChI=1S/C13H17FO2/c1-10(2)3-8-13(15)16-9-11-4-6-12(14)7-5-11/h4-7,10H,3,8-9H2,1-2H3. The molecule has 0 aliphatic carbocycles. The minimum atomic E-state index is -0.283. The highest BCUT2D eigenvalue weighted by Gasteiger charge is 2.05. The minimum absolute atomic E-state index is 0.196. The first kappa shape index (κ1) is 12.7. The molecule has 0 fully saturated rings. The van der Waals surface area contributed by atoms with E-state index in [1.54, 1.807) is 12.1 Å². The zero-order chi connectivity index (χ0) is 12.0. The van der Waals surface area contributed by atoms with E-state index in [1.807, 2.05) is 0 Å². The predicted molar refractivity (Wildman–Crippen MR) is 60.3 cm³/mol. The Balaban J connectivity index is 2.29. The number of halogens is 1. The van der Waals surface area contributed by atoms with Crippen LogP contribution in [0.1, 0.15) is 32.3 Å². The normalized spacial score (nSPS) is 10.5. The number of carbonyl (C=O) groups excluding carboxylic acids is 1. The van der Waals surface area contributed by atoms with Gasteiger partial charge in [-0.15, -0.1) is 0 Å². The summed E-state index contributed by atoms with van der Waals surface area (Å²) >= 11 is 0. The molecule has 0 saturated heterocycles. The second-order valence-electron chi connectivity index (χ2n) is 4.22. The molecular weight excluding hydrogens is 207 g/mol. The maximum Gasteiger partial charge on any atom is 0.306 e. The summed E-state index contributed by atoms with van der Waals surface area (Å²) in [6, 6.07) is 5.95. The fraction of sp³-hybridized carbons (Fsp3) is 0.462. The van der Waals surface area contributed by atoms with Gasteiger partial charge in [-0.1, -0.05) is 26.0 Å². The number of hydrogen-bond acceptors (Lipinski definition) is 2. The number of benzene rings is 1. The zero-order valence-corrected chi connectivity index (χ0v) is 9.70. The zero-order valence-electron chi connectivity index (χ0n) is 9.70. The van der Waals surface area contributed by atoms with Crippen LogP contribution in [0, 0.1) is 11.7 Å². The van der Waals surface area contributed by atoms with Gasteiger partial charge in [0.25, 0.3) is 0 Å². The average Bonchev–Trinajstić information content (AvgIpc) is 2.25. The summed E-state index contributed by atoms with van der Waals surface area (Å²) < 4.78 is 17.6. The SMILES string of the molecule is CC(C)CCC(=O)OCc1ccc(F)cc1. The van der Waals surface area contributed by atoms with Crippen LogP contribution in [-0.2, 0) is 16.1 Å². The average molecular weight is 224 g/mol. The van der Waals surface area contributed by atoms with Crippen molar-refractivity contribution in [2.24, 2.45) is 5.92 Å². The number of carbonyl (C=O) groups is 1. The topological polar surface area (TPSA) is 26.3 Å². The summed E-state index contributed by atoms with van der Waals surface area (Å²) in [6.07, 6.45) is 1.28. The summed E-state index contributed by atoms with van der Waals surface area (Å²) in [5.41, 5.74) is 0.805. The molecule has 0 amide bonds. The summed E-state index contributed by atoms with van der Waals surface area (Å²) in [5, 5.41) is 0. The summed E-state index contributed by atoms with van der Waals surface area (Å²) in [4.78, 5) is 11.3. The van der Waals surface area contributed by atoms with Crippen molar-refractivity contribution in [2.45, 2.75) is 33.3 Å². The van der Waals surface area contributed by atoms with Crippen LogP contribution in [0.4, 0.5) is 4.39 Å². The Morgan fingerprint density at radius 2 is 1.94 bits per heavy atom. The van der Waals surface area contributed by atoms with Crippen LogP contribution < -0.4 is 0 Å². The largest absolute Gasteiger partial charge is 0.461 e. The Labute approximate surface area is 95.4 Å². The van der Waals surface area contributed by atoms with E-state index in [9.17, 15) is 9.18 Å². The second-order valence-corrected chi connectivity index (χ2v) is 4.22. The molecule has 1 rings (SSSR count). The summed E-state index contributed by atoms with van der Waals surface area (Å²) in [5.74, 6) is 0.0197. The van der Waals surface area contributed by atoms with Crippen molar-refractivity contribution in [1.29, 1.82) is 0 Å². The Kier molecular flexibility index (Phi) is 4.96. The van der Waals surface area contributed by atoms with Crippen LogP contribution in [0.15, 0.2) is 24.3 Å². The van der Waals surface area contributed by atoms with Crippen LogP contribution >= 0.6 is 0 Å². The van der Waals surface area contributed by atoms with Gasteiger partial charge in [-0.3, -0.25) is 4.79 Å². The fourth-order valence-corrected chi connectivity index (χ4v) is 1.22. The molecule has 0 N–H and O–H groups in total. The van der Waals surface area contributed by atoms with Crippen molar-refractivity contribution in [3.63, 3.8) is 0 Å². The van der Waals surface area contributed by atoms with Crippen LogP contribution in [0.25, 0.3) is 0 Å². The quantitative estimate of drug-likeness (QED) is 0.717. The summed E-state index contributed by atoms with van der Waals surface area (Å²) in [6.45, 7) is 4.34. The molecule has 16 heavy (non-hydrogen) atoms. The maximum atomic E-state index is 12.6. The molecule has 0 atom stereocenters. The highest BCUT2D eigenvalue weighted by atomic mass is 19.1. The molecule has 3 heteroatoms. The molecular formula is C13H17FO2. The molecule has 1 aromatic carbocycles. The third-order valence-electron chi connectivity index (χ3n) is 2.24. The molecule has 0 saturated carbocycles. The molecule has 0 aliphatic heterocycles. The Morgan fingerprint density at radius 3 is 2.50 bits per heavy atom. The molecule has 88 valence electrons. The van der Waals surface area contributed by atoms with E-state index in [0.717, 1.165) is 12.0 Å². The third-order valence-corrected chi connectivity index (χ3v) is 2.24. The summed E-state index contributed by atoms with van der Waals surface area (Å²) in [7, 11) is 0. The molecule has 0 spiro atoms. The molecule has 1 aromatic rings. The van der Waals surface area contributed by atoms with E-state index >= 15 is 0 Å². The van der Waals surface area contributed by atoms with Gasteiger partial charge < -0.3 is 4.74 Å². The Bertz CT molecular complexity index is 330. The highest BCUT2D eigenvalue weighted by molar-refractivity contribution is 5.69. The first-order valence-electron chi connectivity index (χ1n) is 5.48. The van der Waals surface area contributed by atoms with Gasteiger partial charge in [0.2, 0.25) is 0 Å². The van der Waals surface area contributed by atoms with Gasteiger partial charge in [0.1, 0.15) is 12.4 Å². The van der Waals surface area contributed by atoms with Crippen molar-refractivity contribution >= 4 is 5.97 Å². The maximum absolute atomic E-state index is 12.6. The minimum Gasteiger partial charge on any atom is -0.461 e. The molecule has 0 radical (unpaired) electrons. The van der Waals surface area contributed by atoms with Crippen molar-refractivity contribution in [1.82, 2.24) is 0 Å². The second kappa shape index (κ2) is 6.26. The van der Waals surface area contributed by atoms with Gasteiger partial charge >= 0.3 is 5.97 Å². The lowest BCUT2D eigenvalue weighted by atomic mass is 10.1. The van der Waals surface area contributed by atoms with Crippen molar-refractivity contribution in [3.05, 3.63) is 35.6 Å². The molecule has 2 nitrogen and oxygen atoms in total. The number of rotatable bonds is 5. The lowest BCUT2D eigenvalue weighted by Crippen LogP contribution is -2.05. The molecule has 0 heterocycles. The van der Waals surface area contributed by atoms with Gasteiger partial charge in [-0.05, 0) is 30.0 Å². The Morgan fingerprint density at radius 1 is 1.31 bits per heavy atom. The smallest absolute Gasteiger partial charge is 0.306 e. The van der Waals surface area contributed by atoms with Crippen LogP contribution in [0.2, 0.25) is 0 Å². The molecule has 0 bridgehead atoms. The number of ether oxygens (including phenoxy) is 1. The Hall–Kier alpha value is -1.38. The van der Waals surface area contributed by atoms with E-state index < -0.39 is 0 Å². The van der Waals surface area contributed by atoms with Gasteiger partial charge in [0.05, 0.1) is 0 Å². The predicted octanol–water partition coefficient (Wildman–Crippen LogP) is 3.31. The van der Waals surface area contributed by atoms with Crippen molar-refractivity contribution < 1.29 is 13.9 Å². The van der Waals surface area contributed by atoms with Crippen molar-refractivity contribution in [3.8, 4) is 0 Å². The van der Waals surface area contributed by atoms with Crippen LogP contribution in [0.5, 0.6) is 0 Å². The van der Waals surface area contributed by atoms with E-state index in [-0.39, 0.29) is 18.4 Å². The lowest BCUT2D eigenvalue weighted by Gasteiger charge is -2.06. The van der Waals surface area contributed by atoms with E-state index in [4.69, 9.17) is 4.74 Å². The molecule has 0 aromatic heterocycles. The number of hydrogen-bond donors (Lipinski definition) is 0. The monoisotopic (exact) mass is 224 g/mol. The van der Waals surface area contributed by atoms with Gasteiger partial charge in [0, 0.05) is 6.42 Å². The van der Waals surface area contributed by atoms with Gasteiger partial charge in [-0.2, -0.15) is 0 Å². The molecule has 0 unspecified atom stereocenters. The van der Waals surface area contributed by atoms with E-state index in [2.05, 4.69) is 13.8 Å². The van der Waals surface area contributed by atoms with Gasteiger partial charge in [-0.25, -0.2) is 4.39 Å². The third kappa shape index (κ3) is 4.91. The highest BCUT2D eigenvalue weighted by Crippen LogP contribution is 2.07. The van der Waals surface area contributed by atoms with E-state index in [0.29, 0.717) is 12.3 Å². The molecule has 0 aliphatic rings. The van der Waals surface area contributed by atoms with Crippen molar-refractivity contribution in [2.75, 3.05) is 0 Å². The first-order chi connectivity index (χ1) is 7.58. The number of esters is 1. The van der Waals surface area contributed by atoms with E-state index in [1.165, 1.54) is 12.1 Å². The fourth-order valence-electron chi connectivity index (χ4n) is 1.22. The van der Waals surface area contributed by atoms with Crippen LogP contribution in [-0.4, -0.2) is 5.97 Å². The first-order valence-corrected chi connectivity index (χ1v) is 5.48. The van der Waals surface area contributed by atoms with Gasteiger partial charge in [0.15, 0.2) is 0 Å². The lowest BCUT2D eigenvalue weighted by molar-refractivity contribution is -0.145.